The molecule has 1 aliphatic rings. The van der Waals surface area contributed by atoms with E-state index in [9.17, 15) is 4.79 Å². The number of methoxy groups -OCH3 is 2. The number of fused-ring (bicyclic) bond motifs is 1. The standard InChI is InChI=1S/C20H22N4O3/c1-26-17-4-3-14(11-18(17)27-2)16-13-22-19-12-15(5-8-24(19)20(16)25)23-9-6-21-7-10-23/h3-5,8,11-13,21H,6-7,9-10H2,1-2H3. The molecule has 0 radical (unpaired) electrons. The van der Waals surface area contributed by atoms with E-state index >= 15 is 0 Å². The second kappa shape index (κ2) is 7.28. The summed E-state index contributed by atoms with van der Waals surface area (Å²) in [6.07, 6.45) is 3.42. The van der Waals surface area contributed by atoms with Crippen molar-refractivity contribution in [1.82, 2.24) is 14.7 Å². The molecule has 3 heterocycles. The molecule has 2 aromatic heterocycles. The predicted molar refractivity (Wildman–Crippen MR) is 105 cm³/mol. The summed E-state index contributed by atoms with van der Waals surface area (Å²) in [4.78, 5) is 19.8. The lowest BCUT2D eigenvalue weighted by Crippen LogP contribution is -2.43. The third kappa shape index (κ3) is 3.21. The predicted octanol–water partition coefficient (Wildman–Crippen LogP) is 1.79. The van der Waals surface area contributed by atoms with Gasteiger partial charge in [0.15, 0.2) is 11.5 Å². The fraction of sp³-hybridized carbons (Fsp3) is 0.300. The molecule has 0 unspecified atom stereocenters. The molecule has 0 saturated carbocycles. The van der Waals surface area contributed by atoms with Crippen molar-refractivity contribution < 1.29 is 9.47 Å². The van der Waals surface area contributed by atoms with Gasteiger partial charge in [0.2, 0.25) is 0 Å². The molecule has 1 N–H and O–H groups in total. The number of aromatic nitrogens is 2. The second-order valence-electron chi connectivity index (χ2n) is 6.40. The first-order valence-corrected chi connectivity index (χ1v) is 8.91. The molecular formula is C20H22N4O3. The summed E-state index contributed by atoms with van der Waals surface area (Å²) >= 11 is 0. The van der Waals surface area contributed by atoms with Crippen molar-refractivity contribution in [2.45, 2.75) is 0 Å². The van der Waals surface area contributed by atoms with Crippen molar-refractivity contribution in [2.24, 2.45) is 0 Å². The van der Waals surface area contributed by atoms with E-state index in [2.05, 4.69) is 15.2 Å². The largest absolute Gasteiger partial charge is 0.493 e. The number of nitrogens with zero attached hydrogens (tertiary/aromatic N) is 3. The lowest BCUT2D eigenvalue weighted by Gasteiger charge is -2.29. The average Bonchev–Trinajstić information content (AvgIpc) is 2.74. The number of hydrogen-bond acceptors (Lipinski definition) is 6. The number of anilines is 1. The minimum Gasteiger partial charge on any atom is -0.493 e. The van der Waals surface area contributed by atoms with E-state index < -0.39 is 0 Å². The van der Waals surface area contributed by atoms with E-state index in [0.717, 1.165) is 37.4 Å². The Balaban J connectivity index is 1.75. The summed E-state index contributed by atoms with van der Waals surface area (Å²) in [7, 11) is 3.16. The lowest BCUT2D eigenvalue weighted by molar-refractivity contribution is 0.355. The molecule has 1 aromatic carbocycles. The van der Waals surface area contributed by atoms with E-state index in [1.807, 2.05) is 18.2 Å². The quantitative estimate of drug-likeness (QED) is 0.759. The maximum absolute atomic E-state index is 13.0. The summed E-state index contributed by atoms with van der Waals surface area (Å²) in [5.41, 5.74) is 2.87. The Bertz CT molecular complexity index is 1030. The van der Waals surface area contributed by atoms with E-state index in [0.29, 0.717) is 22.7 Å². The van der Waals surface area contributed by atoms with Gasteiger partial charge in [0.25, 0.3) is 5.56 Å². The number of benzene rings is 1. The Kier molecular flexibility index (Phi) is 4.68. The van der Waals surface area contributed by atoms with Crippen molar-refractivity contribution in [3.05, 3.63) is 53.1 Å². The first kappa shape index (κ1) is 17.4. The molecule has 3 aromatic rings. The minimum atomic E-state index is -0.112. The van der Waals surface area contributed by atoms with Gasteiger partial charge in [-0.2, -0.15) is 0 Å². The highest BCUT2D eigenvalue weighted by Gasteiger charge is 2.14. The van der Waals surface area contributed by atoms with Gasteiger partial charge in [-0.25, -0.2) is 4.98 Å². The first-order chi connectivity index (χ1) is 13.2. The van der Waals surface area contributed by atoms with Crippen LogP contribution in [0.2, 0.25) is 0 Å². The smallest absolute Gasteiger partial charge is 0.265 e. The zero-order chi connectivity index (χ0) is 18.8. The number of nitrogens with one attached hydrogen (secondary N) is 1. The van der Waals surface area contributed by atoms with Crippen LogP contribution in [0.1, 0.15) is 0 Å². The highest BCUT2D eigenvalue weighted by Crippen LogP contribution is 2.31. The first-order valence-electron chi connectivity index (χ1n) is 8.91. The summed E-state index contributed by atoms with van der Waals surface area (Å²) < 4.78 is 12.2. The van der Waals surface area contributed by atoms with Gasteiger partial charge >= 0.3 is 0 Å². The van der Waals surface area contributed by atoms with E-state index in [1.165, 1.54) is 0 Å². The maximum Gasteiger partial charge on any atom is 0.265 e. The number of piperazine rings is 1. The fourth-order valence-electron chi connectivity index (χ4n) is 3.39. The number of rotatable bonds is 4. The van der Waals surface area contributed by atoms with E-state index in [1.54, 1.807) is 43.1 Å². The number of hydrogen-bond donors (Lipinski definition) is 1. The van der Waals surface area contributed by atoms with Crippen LogP contribution in [-0.2, 0) is 0 Å². The van der Waals surface area contributed by atoms with Crippen LogP contribution in [0.4, 0.5) is 5.69 Å². The SMILES string of the molecule is COc1ccc(-c2cnc3cc(N4CCNCC4)ccn3c2=O)cc1OC. The summed E-state index contributed by atoms with van der Waals surface area (Å²) in [6.45, 7) is 3.82. The van der Waals surface area contributed by atoms with Crippen LogP contribution in [0.5, 0.6) is 11.5 Å². The van der Waals surface area contributed by atoms with Crippen LogP contribution in [0.3, 0.4) is 0 Å². The van der Waals surface area contributed by atoms with Crippen LogP contribution < -0.4 is 25.2 Å². The van der Waals surface area contributed by atoms with Crippen molar-refractivity contribution in [1.29, 1.82) is 0 Å². The second-order valence-corrected chi connectivity index (χ2v) is 6.40. The minimum absolute atomic E-state index is 0.112. The van der Waals surface area contributed by atoms with Gasteiger partial charge in [-0.15, -0.1) is 0 Å². The normalized spacial score (nSPS) is 14.4. The molecule has 0 amide bonds. The van der Waals surface area contributed by atoms with Crippen molar-refractivity contribution in [2.75, 3.05) is 45.3 Å². The van der Waals surface area contributed by atoms with Crippen LogP contribution in [0.25, 0.3) is 16.8 Å². The summed E-state index contributed by atoms with van der Waals surface area (Å²) in [5.74, 6) is 1.20. The summed E-state index contributed by atoms with van der Waals surface area (Å²) in [6, 6.07) is 9.35. The van der Waals surface area contributed by atoms with Crippen molar-refractivity contribution >= 4 is 11.3 Å². The Labute approximate surface area is 157 Å². The highest BCUT2D eigenvalue weighted by atomic mass is 16.5. The van der Waals surface area contributed by atoms with Crippen LogP contribution in [0.15, 0.2) is 47.5 Å². The van der Waals surface area contributed by atoms with Gasteiger partial charge in [0.05, 0.1) is 19.8 Å². The van der Waals surface area contributed by atoms with Crippen LogP contribution >= 0.6 is 0 Å². The third-order valence-electron chi connectivity index (χ3n) is 4.87. The van der Waals surface area contributed by atoms with Gasteiger partial charge in [-0.3, -0.25) is 9.20 Å². The average molecular weight is 366 g/mol. The van der Waals surface area contributed by atoms with Gasteiger partial charge in [-0.1, -0.05) is 6.07 Å². The molecule has 1 aliphatic heterocycles. The van der Waals surface area contributed by atoms with Crippen molar-refractivity contribution in [3.8, 4) is 22.6 Å². The van der Waals surface area contributed by atoms with Gasteiger partial charge < -0.3 is 19.7 Å². The van der Waals surface area contributed by atoms with E-state index in [-0.39, 0.29) is 5.56 Å². The zero-order valence-corrected chi connectivity index (χ0v) is 15.4. The van der Waals surface area contributed by atoms with E-state index in [4.69, 9.17) is 9.47 Å². The molecule has 140 valence electrons. The molecule has 7 heteroatoms. The Hall–Kier alpha value is -3.06. The summed E-state index contributed by atoms with van der Waals surface area (Å²) in [5, 5.41) is 3.34. The highest BCUT2D eigenvalue weighted by molar-refractivity contribution is 5.67. The lowest BCUT2D eigenvalue weighted by atomic mass is 10.1. The monoisotopic (exact) mass is 366 g/mol. The fourth-order valence-corrected chi connectivity index (χ4v) is 3.39. The molecule has 1 fully saturated rings. The molecule has 0 atom stereocenters. The van der Waals surface area contributed by atoms with Gasteiger partial charge in [0, 0.05) is 50.3 Å². The number of pyridine rings is 1. The van der Waals surface area contributed by atoms with Crippen molar-refractivity contribution in [3.63, 3.8) is 0 Å². The molecule has 7 nitrogen and oxygen atoms in total. The molecule has 0 bridgehead atoms. The van der Waals surface area contributed by atoms with Gasteiger partial charge in [0.1, 0.15) is 5.65 Å². The number of ether oxygens (including phenoxy) is 2. The Morgan fingerprint density at radius 3 is 2.56 bits per heavy atom. The topological polar surface area (TPSA) is 68.1 Å². The van der Waals surface area contributed by atoms with Gasteiger partial charge in [-0.05, 0) is 23.8 Å². The molecular weight excluding hydrogens is 344 g/mol. The molecule has 4 rings (SSSR count). The Morgan fingerprint density at radius 1 is 1.04 bits per heavy atom. The van der Waals surface area contributed by atoms with Crippen LogP contribution in [0, 0.1) is 0 Å². The maximum atomic E-state index is 13.0. The third-order valence-corrected chi connectivity index (χ3v) is 4.87. The molecule has 27 heavy (non-hydrogen) atoms. The molecule has 0 aliphatic carbocycles. The zero-order valence-electron chi connectivity index (χ0n) is 15.4. The Morgan fingerprint density at radius 2 is 1.81 bits per heavy atom. The van der Waals surface area contributed by atoms with Crippen LogP contribution in [-0.4, -0.2) is 49.8 Å². The molecule has 1 saturated heterocycles. The molecule has 0 spiro atoms.